The van der Waals surface area contributed by atoms with E-state index in [1.807, 2.05) is 27.7 Å². The average Bonchev–Trinajstić information content (AvgIpc) is 2.42. The van der Waals surface area contributed by atoms with E-state index in [2.05, 4.69) is 31.5 Å². The summed E-state index contributed by atoms with van der Waals surface area (Å²) in [4.78, 5) is 27.5. The third-order valence-corrected chi connectivity index (χ3v) is 5.92. The predicted molar refractivity (Wildman–Crippen MR) is 91.3 cm³/mol. The zero-order valence-electron chi connectivity index (χ0n) is 13.7. The fourth-order valence-corrected chi connectivity index (χ4v) is 3.67. The molecule has 0 spiro atoms. The molecule has 3 N–H and O–H groups in total. The fourth-order valence-electron chi connectivity index (χ4n) is 3.34. The van der Waals surface area contributed by atoms with Gasteiger partial charge < -0.3 is 15.7 Å². The number of hydrogen-bond donors (Lipinski definition) is 3. The molecule has 0 bridgehead atoms. The van der Waals surface area contributed by atoms with Crippen molar-refractivity contribution in [3.63, 3.8) is 0 Å². The number of amides is 2. The molecule has 1 saturated carbocycles. The molecule has 6 nitrogen and oxygen atoms in total. The number of aryl methyl sites for hydroxylation is 1. The van der Waals surface area contributed by atoms with E-state index in [9.17, 15) is 14.7 Å². The van der Waals surface area contributed by atoms with Crippen molar-refractivity contribution >= 4 is 33.6 Å². The van der Waals surface area contributed by atoms with E-state index in [1.54, 1.807) is 12.3 Å². The maximum atomic E-state index is 12.2. The number of aromatic nitrogens is 1. The van der Waals surface area contributed by atoms with E-state index in [4.69, 9.17) is 0 Å². The number of pyridine rings is 1. The van der Waals surface area contributed by atoms with E-state index in [1.165, 1.54) is 0 Å². The molecule has 1 aromatic heterocycles. The molecule has 1 aromatic rings. The fraction of sp³-hybridized carbons (Fsp3) is 0.562. The quantitative estimate of drug-likeness (QED) is 0.742. The molecule has 1 fully saturated rings. The molecule has 0 aliphatic heterocycles. The van der Waals surface area contributed by atoms with Crippen molar-refractivity contribution in [2.75, 3.05) is 5.32 Å². The molecular weight excluding hydrogens is 362 g/mol. The number of anilines is 1. The zero-order valence-corrected chi connectivity index (χ0v) is 15.3. The van der Waals surface area contributed by atoms with Gasteiger partial charge in [0.15, 0.2) is 0 Å². The summed E-state index contributed by atoms with van der Waals surface area (Å²) in [6.45, 7) is 7.65. The molecule has 1 unspecified atom stereocenters. The summed E-state index contributed by atoms with van der Waals surface area (Å²) in [5, 5.41) is 14.9. The van der Waals surface area contributed by atoms with Gasteiger partial charge in [0.25, 0.3) is 0 Å². The molecule has 3 atom stereocenters. The third kappa shape index (κ3) is 3.49. The average molecular weight is 384 g/mol. The van der Waals surface area contributed by atoms with Gasteiger partial charge in [-0.3, -0.25) is 9.78 Å². The Bertz CT molecular complexity index is 633. The van der Waals surface area contributed by atoms with Crippen molar-refractivity contribution in [3.8, 4) is 0 Å². The number of nitrogens with one attached hydrogen (secondary N) is 2. The highest BCUT2D eigenvalue weighted by Gasteiger charge is 2.53. The second-order valence-corrected chi connectivity index (χ2v) is 7.49. The molecule has 2 rings (SSSR count). The maximum absolute atomic E-state index is 12.2. The summed E-state index contributed by atoms with van der Waals surface area (Å²) in [5.41, 5.74) is 1.12. The number of hydrogen-bond acceptors (Lipinski definition) is 3. The van der Waals surface area contributed by atoms with Crippen LogP contribution in [-0.4, -0.2) is 28.1 Å². The van der Waals surface area contributed by atoms with Crippen molar-refractivity contribution < 1.29 is 14.7 Å². The van der Waals surface area contributed by atoms with Crippen LogP contribution >= 0.6 is 15.9 Å². The number of carboxylic acids is 1. The smallest absolute Gasteiger partial charge is 0.319 e. The number of aliphatic carboxylic acids is 1. The molecule has 0 radical (unpaired) electrons. The summed E-state index contributed by atoms with van der Waals surface area (Å²) < 4.78 is 0.748. The highest BCUT2D eigenvalue weighted by molar-refractivity contribution is 9.10. The Labute approximate surface area is 144 Å². The molecule has 1 heterocycles. The van der Waals surface area contributed by atoms with Crippen LogP contribution in [0.25, 0.3) is 0 Å². The lowest BCUT2D eigenvalue weighted by molar-refractivity contribution is -0.160. The van der Waals surface area contributed by atoms with Gasteiger partial charge in [-0.2, -0.15) is 0 Å². The van der Waals surface area contributed by atoms with Crippen molar-refractivity contribution in [2.24, 2.45) is 17.3 Å². The summed E-state index contributed by atoms with van der Waals surface area (Å²) in [6.07, 6.45) is 2.22. The summed E-state index contributed by atoms with van der Waals surface area (Å²) in [6, 6.07) is 1.30. The molecule has 1 aliphatic rings. The SMILES string of the molecule is Cc1nccc(NC(=O)NC(C)[C@@H]2C[C@H](C(=O)O)C2(C)C)c1Br. The second-order valence-electron chi connectivity index (χ2n) is 6.70. The molecular formula is C16H22BrN3O3. The van der Waals surface area contributed by atoms with Crippen LogP contribution < -0.4 is 10.6 Å². The van der Waals surface area contributed by atoms with E-state index < -0.39 is 5.97 Å². The lowest BCUT2D eigenvalue weighted by Crippen LogP contribution is -2.57. The Kier molecular flexibility index (Phi) is 4.98. The monoisotopic (exact) mass is 383 g/mol. The number of carboxylic acid groups (broad SMARTS) is 1. The molecule has 7 heteroatoms. The third-order valence-electron chi connectivity index (χ3n) is 4.92. The number of rotatable bonds is 4. The van der Waals surface area contributed by atoms with Gasteiger partial charge in [0.1, 0.15) is 0 Å². The minimum atomic E-state index is -0.765. The molecule has 1 aliphatic carbocycles. The number of carbonyl (C=O) groups excluding carboxylic acids is 1. The number of carbonyl (C=O) groups is 2. The first-order chi connectivity index (χ1) is 10.6. The van der Waals surface area contributed by atoms with Gasteiger partial charge >= 0.3 is 12.0 Å². The number of halogens is 1. The minimum absolute atomic E-state index is 0.109. The van der Waals surface area contributed by atoms with E-state index in [0.717, 1.165) is 10.2 Å². The molecule has 0 aromatic carbocycles. The first-order valence-corrected chi connectivity index (χ1v) is 8.35. The highest BCUT2D eigenvalue weighted by Crippen LogP contribution is 2.52. The maximum Gasteiger partial charge on any atom is 0.319 e. The Morgan fingerprint density at radius 3 is 2.70 bits per heavy atom. The number of nitrogens with zero attached hydrogens (tertiary/aromatic N) is 1. The highest BCUT2D eigenvalue weighted by atomic mass is 79.9. The van der Waals surface area contributed by atoms with Gasteiger partial charge in [0.05, 0.1) is 21.8 Å². The molecule has 0 saturated heterocycles. The van der Waals surface area contributed by atoms with Gasteiger partial charge in [-0.1, -0.05) is 13.8 Å². The van der Waals surface area contributed by atoms with Crippen molar-refractivity contribution in [2.45, 2.75) is 40.2 Å². The van der Waals surface area contributed by atoms with Gasteiger partial charge in [-0.15, -0.1) is 0 Å². The van der Waals surface area contributed by atoms with E-state index >= 15 is 0 Å². The topological polar surface area (TPSA) is 91.3 Å². The van der Waals surface area contributed by atoms with Crippen LogP contribution in [0.5, 0.6) is 0 Å². The second kappa shape index (κ2) is 6.47. The van der Waals surface area contributed by atoms with Gasteiger partial charge in [0.2, 0.25) is 0 Å². The summed E-state index contributed by atoms with van der Waals surface area (Å²) in [7, 11) is 0. The van der Waals surface area contributed by atoms with Crippen molar-refractivity contribution in [3.05, 3.63) is 22.4 Å². The molecule has 23 heavy (non-hydrogen) atoms. The van der Waals surface area contributed by atoms with E-state index in [-0.39, 0.29) is 29.3 Å². The molecule has 2 amide bonds. The van der Waals surface area contributed by atoms with Crippen LogP contribution in [0.4, 0.5) is 10.5 Å². The Balaban J connectivity index is 1.96. The van der Waals surface area contributed by atoms with Gasteiger partial charge in [0, 0.05) is 12.2 Å². The van der Waals surface area contributed by atoms with Crippen LogP contribution in [-0.2, 0) is 4.79 Å². The summed E-state index contributed by atoms with van der Waals surface area (Å²) >= 11 is 3.40. The van der Waals surface area contributed by atoms with Crippen molar-refractivity contribution in [1.29, 1.82) is 0 Å². The van der Waals surface area contributed by atoms with Gasteiger partial charge in [-0.05, 0) is 53.6 Å². The number of urea groups is 1. The van der Waals surface area contributed by atoms with E-state index in [0.29, 0.717) is 12.1 Å². The summed E-state index contributed by atoms with van der Waals surface area (Å²) in [5.74, 6) is -0.979. The molecule has 126 valence electrons. The van der Waals surface area contributed by atoms with Crippen molar-refractivity contribution in [1.82, 2.24) is 10.3 Å². The van der Waals surface area contributed by atoms with Crippen LogP contribution in [0, 0.1) is 24.2 Å². The zero-order chi connectivity index (χ0) is 17.4. The van der Waals surface area contributed by atoms with Gasteiger partial charge in [-0.25, -0.2) is 4.79 Å². The van der Waals surface area contributed by atoms with Crippen LogP contribution in [0.3, 0.4) is 0 Å². The van der Waals surface area contributed by atoms with Crippen LogP contribution in [0.1, 0.15) is 32.9 Å². The standard InChI is InChI=1S/C16H22BrN3O3/c1-8(10-7-11(14(21)22)16(10,3)4)19-15(23)20-12-5-6-18-9(2)13(12)17/h5-6,8,10-11H,7H2,1-4H3,(H,21,22)(H2,18,19,20,23)/t8?,10-,11+/m0/s1. The normalized spacial score (nSPS) is 23.5. The minimum Gasteiger partial charge on any atom is -0.481 e. The Hall–Kier alpha value is -1.63. The first kappa shape index (κ1) is 17.7. The predicted octanol–water partition coefficient (Wildman–Crippen LogP) is 3.41. The lowest BCUT2D eigenvalue weighted by atomic mass is 9.53. The largest absolute Gasteiger partial charge is 0.481 e. The Morgan fingerprint density at radius 1 is 1.48 bits per heavy atom. The van der Waals surface area contributed by atoms with Crippen LogP contribution in [0.2, 0.25) is 0 Å². The Morgan fingerprint density at radius 2 is 2.13 bits per heavy atom. The first-order valence-electron chi connectivity index (χ1n) is 7.56. The van der Waals surface area contributed by atoms with Crippen LogP contribution in [0.15, 0.2) is 16.7 Å². The lowest BCUT2D eigenvalue weighted by Gasteiger charge is -2.52.